The Hall–Kier alpha value is -1.47. The van der Waals surface area contributed by atoms with E-state index in [2.05, 4.69) is 27.6 Å². The van der Waals surface area contributed by atoms with Gasteiger partial charge in [0.05, 0.1) is 16.4 Å². The molecule has 0 N–H and O–H groups in total. The maximum absolute atomic E-state index is 6.23. The zero-order valence-corrected chi connectivity index (χ0v) is 20.1. The molecule has 0 radical (unpaired) electrons. The van der Waals surface area contributed by atoms with Gasteiger partial charge in [0.25, 0.3) is 0 Å². The number of halogens is 4. The highest BCUT2D eigenvalue weighted by Crippen LogP contribution is 2.35. The number of aliphatic imine (C=N–C) groups is 1. The molecule has 0 amide bonds. The van der Waals surface area contributed by atoms with Crippen molar-refractivity contribution in [2.75, 3.05) is 7.11 Å². The normalized spacial score (nSPS) is 11.1. The summed E-state index contributed by atoms with van der Waals surface area (Å²) in [4.78, 5) is 4.56. The van der Waals surface area contributed by atoms with Gasteiger partial charge in [0.15, 0.2) is 11.5 Å². The van der Waals surface area contributed by atoms with E-state index >= 15 is 0 Å². The van der Waals surface area contributed by atoms with E-state index in [-0.39, 0.29) is 0 Å². The van der Waals surface area contributed by atoms with Gasteiger partial charge >= 0.3 is 0 Å². The van der Waals surface area contributed by atoms with E-state index in [1.807, 2.05) is 43.3 Å². The van der Waals surface area contributed by atoms with Crippen LogP contribution in [0.3, 0.4) is 0 Å². The van der Waals surface area contributed by atoms with E-state index in [1.165, 1.54) is 0 Å². The minimum Gasteiger partial charge on any atom is -0.493 e. The number of benzene rings is 3. The van der Waals surface area contributed by atoms with Crippen LogP contribution in [0.1, 0.15) is 16.7 Å². The van der Waals surface area contributed by atoms with Crippen molar-refractivity contribution < 1.29 is 9.47 Å². The topological polar surface area (TPSA) is 30.8 Å². The molecule has 7 heteroatoms. The van der Waals surface area contributed by atoms with Gasteiger partial charge in [-0.25, -0.2) is 0 Å². The molecule has 0 heterocycles. The molecule has 3 aromatic carbocycles. The molecule has 3 nitrogen and oxygen atoms in total. The summed E-state index contributed by atoms with van der Waals surface area (Å²) in [6, 6.07) is 14.8. The molecule has 150 valence electrons. The molecule has 3 aromatic rings. The lowest BCUT2D eigenvalue weighted by molar-refractivity contribution is 0.282. The van der Waals surface area contributed by atoms with Gasteiger partial charge in [-0.2, -0.15) is 0 Å². The Morgan fingerprint density at radius 2 is 1.83 bits per heavy atom. The molecule has 0 spiro atoms. The largest absolute Gasteiger partial charge is 0.493 e. The van der Waals surface area contributed by atoms with Crippen LogP contribution in [-0.4, -0.2) is 13.3 Å². The van der Waals surface area contributed by atoms with Crippen molar-refractivity contribution in [3.63, 3.8) is 0 Å². The van der Waals surface area contributed by atoms with E-state index in [1.54, 1.807) is 25.5 Å². The highest BCUT2D eigenvalue weighted by molar-refractivity contribution is 14.1. The van der Waals surface area contributed by atoms with Crippen molar-refractivity contribution in [2.45, 2.75) is 13.5 Å². The zero-order valence-electron chi connectivity index (χ0n) is 15.7. The Balaban J connectivity index is 1.83. The highest BCUT2D eigenvalue weighted by atomic mass is 127. The molecular formula is C22H17Cl3INO2. The molecular weight excluding hydrogens is 544 g/mol. The second-order valence-corrected chi connectivity index (χ2v) is 8.61. The van der Waals surface area contributed by atoms with Crippen molar-refractivity contribution in [2.24, 2.45) is 4.99 Å². The first kappa shape index (κ1) is 22.2. The van der Waals surface area contributed by atoms with Crippen molar-refractivity contribution in [3.05, 3.63) is 83.9 Å². The maximum atomic E-state index is 6.23. The van der Waals surface area contributed by atoms with Crippen LogP contribution in [0.5, 0.6) is 11.5 Å². The Labute approximate surface area is 198 Å². The summed E-state index contributed by atoms with van der Waals surface area (Å²) in [5.41, 5.74) is 3.49. The molecule has 0 aliphatic carbocycles. The minimum absolute atomic E-state index is 0.303. The summed E-state index contributed by atoms with van der Waals surface area (Å²) in [7, 11) is 1.61. The second kappa shape index (κ2) is 10.0. The quantitative estimate of drug-likeness (QED) is 0.227. The van der Waals surface area contributed by atoms with E-state index in [0.717, 1.165) is 25.9 Å². The Morgan fingerprint density at radius 1 is 1.03 bits per heavy atom. The summed E-state index contributed by atoms with van der Waals surface area (Å²) in [6.07, 6.45) is 1.78. The van der Waals surface area contributed by atoms with Gasteiger partial charge in [-0.05, 0) is 77.0 Å². The minimum atomic E-state index is 0.303. The molecule has 0 saturated heterocycles. The van der Waals surface area contributed by atoms with Gasteiger partial charge in [-0.3, -0.25) is 4.99 Å². The van der Waals surface area contributed by atoms with Gasteiger partial charge in [-0.15, -0.1) is 0 Å². The number of hydrogen-bond donors (Lipinski definition) is 0. The van der Waals surface area contributed by atoms with E-state index in [0.29, 0.717) is 33.2 Å². The Bertz CT molecular complexity index is 1070. The van der Waals surface area contributed by atoms with Gasteiger partial charge < -0.3 is 9.47 Å². The lowest BCUT2D eigenvalue weighted by atomic mass is 10.2. The van der Waals surface area contributed by atoms with E-state index in [4.69, 9.17) is 44.3 Å². The molecule has 0 unspecified atom stereocenters. The lowest BCUT2D eigenvalue weighted by Gasteiger charge is -2.14. The fourth-order valence-corrected chi connectivity index (χ4v) is 4.04. The average molecular weight is 561 g/mol. The van der Waals surface area contributed by atoms with Crippen LogP contribution in [-0.2, 0) is 6.61 Å². The van der Waals surface area contributed by atoms with Crippen LogP contribution >= 0.6 is 57.4 Å². The summed E-state index contributed by atoms with van der Waals surface area (Å²) in [6.45, 7) is 2.25. The standard InChI is InChI=1S/C22H17Cl3INO2/c1-13-17(24)4-3-5-20(13)27-11-14-8-19(26)22(21(9-14)28-2)29-12-15-6-7-16(23)10-18(15)25/h3-11H,12H2,1-2H3. The number of nitrogens with zero attached hydrogens (tertiary/aromatic N) is 1. The second-order valence-electron chi connectivity index (χ2n) is 6.20. The molecule has 0 bridgehead atoms. The molecule has 0 aliphatic heterocycles. The summed E-state index contributed by atoms with van der Waals surface area (Å²) in [5, 5.41) is 1.84. The van der Waals surface area contributed by atoms with E-state index < -0.39 is 0 Å². The summed E-state index contributed by atoms with van der Waals surface area (Å²) < 4.78 is 12.4. The predicted octanol–water partition coefficient (Wildman–Crippen LogP) is 7.90. The SMILES string of the molecule is COc1cc(C=Nc2cccc(Cl)c2C)cc(I)c1OCc1ccc(Cl)cc1Cl. The molecule has 3 rings (SSSR count). The monoisotopic (exact) mass is 559 g/mol. The van der Waals surface area contributed by atoms with Crippen LogP contribution in [0, 0.1) is 10.5 Å². The Kier molecular flexibility index (Phi) is 7.68. The number of hydrogen-bond acceptors (Lipinski definition) is 3. The molecule has 29 heavy (non-hydrogen) atoms. The van der Waals surface area contributed by atoms with Gasteiger partial charge in [0, 0.05) is 26.8 Å². The van der Waals surface area contributed by atoms with Gasteiger partial charge in [-0.1, -0.05) is 46.9 Å². The maximum Gasteiger partial charge on any atom is 0.174 e. The molecule has 0 saturated carbocycles. The smallest absolute Gasteiger partial charge is 0.174 e. The molecule has 0 atom stereocenters. The van der Waals surface area contributed by atoms with Gasteiger partial charge in [0.1, 0.15) is 6.61 Å². The van der Waals surface area contributed by atoms with Crippen LogP contribution < -0.4 is 9.47 Å². The first-order valence-corrected chi connectivity index (χ1v) is 10.8. The third kappa shape index (κ3) is 5.57. The summed E-state index contributed by atoms with van der Waals surface area (Å²) in [5.74, 6) is 1.27. The molecule has 0 aromatic heterocycles. The molecule has 0 aliphatic rings. The van der Waals surface area contributed by atoms with Crippen molar-refractivity contribution in [3.8, 4) is 11.5 Å². The number of methoxy groups -OCH3 is 1. The van der Waals surface area contributed by atoms with Crippen LogP contribution in [0.4, 0.5) is 5.69 Å². The Morgan fingerprint density at radius 3 is 2.55 bits per heavy atom. The van der Waals surface area contributed by atoms with Crippen molar-refractivity contribution in [1.29, 1.82) is 0 Å². The number of ether oxygens (including phenoxy) is 2. The predicted molar refractivity (Wildman–Crippen MR) is 130 cm³/mol. The molecule has 0 fully saturated rings. The van der Waals surface area contributed by atoms with Crippen LogP contribution in [0.25, 0.3) is 0 Å². The van der Waals surface area contributed by atoms with Crippen molar-refractivity contribution >= 4 is 69.3 Å². The van der Waals surface area contributed by atoms with E-state index in [9.17, 15) is 0 Å². The lowest BCUT2D eigenvalue weighted by Crippen LogP contribution is -2.01. The highest BCUT2D eigenvalue weighted by Gasteiger charge is 2.13. The first-order chi connectivity index (χ1) is 13.9. The summed E-state index contributed by atoms with van der Waals surface area (Å²) >= 11 is 20.6. The van der Waals surface area contributed by atoms with Crippen LogP contribution in [0.2, 0.25) is 15.1 Å². The zero-order chi connectivity index (χ0) is 21.0. The average Bonchev–Trinajstić information content (AvgIpc) is 2.69. The third-order valence-corrected chi connectivity index (χ3v) is 6.03. The van der Waals surface area contributed by atoms with Crippen LogP contribution in [0.15, 0.2) is 53.5 Å². The van der Waals surface area contributed by atoms with Crippen molar-refractivity contribution in [1.82, 2.24) is 0 Å². The first-order valence-electron chi connectivity index (χ1n) is 8.62. The fourth-order valence-electron chi connectivity index (χ4n) is 2.62. The fraction of sp³-hybridized carbons (Fsp3) is 0.136. The van der Waals surface area contributed by atoms with Gasteiger partial charge in [0.2, 0.25) is 0 Å². The number of rotatable bonds is 6. The third-order valence-electron chi connectivity index (χ3n) is 4.23.